The molecule has 5 heterocycles. The molecule has 3 aromatic carbocycles. The molecule has 3 fully saturated rings. The third kappa shape index (κ3) is 9.39. The lowest BCUT2D eigenvalue weighted by atomic mass is 9.86. The molecule has 0 aliphatic carbocycles. The number of esters is 1. The molecule has 2 bridgehead atoms. The van der Waals surface area contributed by atoms with Gasteiger partial charge in [-0.1, -0.05) is 48.5 Å². The minimum absolute atomic E-state index is 0.0603. The number of hydrogen-bond donors (Lipinski definition) is 5. The van der Waals surface area contributed by atoms with Crippen LogP contribution < -0.4 is 20.9 Å². The molecule has 294 valence electrons. The number of aromatic hydroxyl groups is 1. The fraction of sp³-hybridized carbons (Fsp3) is 0.381. The van der Waals surface area contributed by atoms with Crippen LogP contribution in [0.1, 0.15) is 70.7 Å². The van der Waals surface area contributed by atoms with Crippen LogP contribution in [0, 0.1) is 5.92 Å². The van der Waals surface area contributed by atoms with Crippen LogP contribution >= 0.6 is 0 Å². The molecule has 3 aliphatic rings. The number of piperidine rings is 3. The lowest BCUT2D eigenvalue weighted by Crippen LogP contribution is -2.52. The number of ether oxygens (including phenoxy) is 3. The van der Waals surface area contributed by atoms with Gasteiger partial charge in [0.05, 0.1) is 30.0 Å². The number of fused-ring (bicyclic) bond motifs is 4. The first-order chi connectivity index (χ1) is 27.2. The van der Waals surface area contributed by atoms with Crippen molar-refractivity contribution in [2.45, 2.75) is 50.5 Å². The Bertz CT molecular complexity index is 2180. The maximum atomic E-state index is 13.2. The Labute approximate surface area is 324 Å². The van der Waals surface area contributed by atoms with E-state index in [1.807, 2.05) is 54.6 Å². The Morgan fingerprint density at radius 2 is 1.79 bits per heavy atom. The number of nitrogens with one attached hydrogen (secondary N) is 3. The number of nitrogens with zero attached hydrogens (tertiary/aromatic N) is 3. The van der Waals surface area contributed by atoms with Crippen LogP contribution in [0.3, 0.4) is 0 Å². The number of aromatic nitrogens is 3. The number of unbranched alkanes of at least 4 members (excludes halogenated alkanes) is 1. The van der Waals surface area contributed by atoms with Gasteiger partial charge in [-0.2, -0.15) is 5.10 Å². The fourth-order valence-corrected chi connectivity index (χ4v) is 7.51. The van der Waals surface area contributed by atoms with Crippen molar-refractivity contribution in [3.05, 3.63) is 123 Å². The summed E-state index contributed by atoms with van der Waals surface area (Å²) < 4.78 is 19.2. The number of rotatable bonds is 16. The zero-order valence-electron chi connectivity index (χ0n) is 31.4. The average molecular weight is 765 g/mol. The van der Waals surface area contributed by atoms with Crippen LogP contribution in [0.4, 0.5) is 4.79 Å². The van der Waals surface area contributed by atoms with Gasteiger partial charge in [0.1, 0.15) is 24.2 Å². The lowest BCUT2D eigenvalue weighted by Gasteiger charge is -2.43. The summed E-state index contributed by atoms with van der Waals surface area (Å²) in [6.45, 7) is 4.13. The van der Waals surface area contributed by atoms with E-state index in [2.05, 4.69) is 25.6 Å². The van der Waals surface area contributed by atoms with Gasteiger partial charge in [-0.05, 0) is 98.3 Å². The topological polar surface area (TPSA) is 180 Å². The van der Waals surface area contributed by atoms with Crippen molar-refractivity contribution < 1.29 is 34.0 Å². The summed E-state index contributed by atoms with van der Waals surface area (Å²) in [6.07, 6.45) is 2.02. The summed E-state index contributed by atoms with van der Waals surface area (Å²) in [5.74, 6) is 0.409. The highest BCUT2D eigenvalue weighted by molar-refractivity contribution is 5.88. The second-order valence-corrected chi connectivity index (χ2v) is 14.4. The van der Waals surface area contributed by atoms with E-state index in [-0.39, 0.29) is 48.4 Å². The summed E-state index contributed by atoms with van der Waals surface area (Å²) in [5.41, 5.74) is 3.15. The van der Waals surface area contributed by atoms with Crippen molar-refractivity contribution in [1.82, 2.24) is 30.3 Å². The zero-order chi connectivity index (χ0) is 39.0. The Morgan fingerprint density at radius 3 is 2.57 bits per heavy atom. The molecule has 5 aromatic rings. The molecule has 1 unspecified atom stereocenters. The number of aromatic amines is 1. The molecule has 2 aromatic heterocycles. The van der Waals surface area contributed by atoms with Crippen molar-refractivity contribution in [3.63, 3.8) is 0 Å². The van der Waals surface area contributed by atoms with Crippen LogP contribution in [0.5, 0.6) is 11.5 Å². The average Bonchev–Trinajstić information content (AvgIpc) is 3.60. The molecule has 3 atom stereocenters. The summed E-state index contributed by atoms with van der Waals surface area (Å²) in [7, 11) is 1.74. The molecule has 3 aliphatic heterocycles. The van der Waals surface area contributed by atoms with Crippen molar-refractivity contribution >= 4 is 23.0 Å². The predicted molar refractivity (Wildman–Crippen MR) is 208 cm³/mol. The van der Waals surface area contributed by atoms with Crippen LogP contribution in [0.15, 0.2) is 89.7 Å². The summed E-state index contributed by atoms with van der Waals surface area (Å²) in [6, 6.07) is 24.5. The number of hydrogen-bond acceptors (Lipinski definition) is 11. The SMILES string of the molecule is Cn1nc(C(=O)OCCCCNC[C@H](O)c2ccc(O)c3[nH]c(=O)ccc23)cc1COc1cccc(C(NC(=O)O[C@H]2CN3CCC2CC3)c2ccccc2)c1. The molecule has 8 rings (SSSR count). The Kier molecular flexibility index (Phi) is 12.3. The third-order valence-corrected chi connectivity index (χ3v) is 10.6. The molecule has 0 spiro atoms. The first-order valence-corrected chi connectivity index (χ1v) is 19.1. The van der Waals surface area contributed by atoms with E-state index in [0.29, 0.717) is 47.7 Å². The number of aryl methyl sites for hydroxylation is 1. The number of aliphatic hydroxyl groups is 1. The number of H-pyrrole nitrogens is 1. The Morgan fingerprint density at radius 1 is 0.982 bits per heavy atom. The van der Waals surface area contributed by atoms with E-state index in [1.54, 1.807) is 29.9 Å². The minimum atomic E-state index is -0.855. The number of carbonyl (C=O) groups is 2. The number of phenols is 1. The van der Waals surface area contributed by atoms with Crippen molar-refractivity contribution in [1.29, 1.82) is 0 Å². The Balaban J connectivity index is 0.867. The number of amides is 1. The fourth-order valence-electron chi connectivity index (χ4n) is 7.51. The number of carbonyl (C=O) groups excluding carboxylic acids is 2. The molecule has 5 N–H and O–H groups in total. The largest absolute Gasteiger partial charge is 0.506 e. The van der Waals surface area contributed by atoms with E-state index < -0.39 is 24.2 Å². The van der Waals surface area contributed by atoms with Gasteiger partial charge in [-0.3, -0.25) is 14.4 Å². The Hall–Kier alpha value is -5.70. The highest BCUT2D eigenvalue weighted by Gasteiger charge is 2.37. The molecule has 0 saturated carbocycles. The quantitative estimate of drug-likeness (QED) is 0.0694. The second-order valence-electron chi connectivity index (χ2n) is 14.4. The van der Waals surface area contributed by atoms with E-state index in [4.69, 9.17) is 14.2 Å². The van der Waals surface area contributed by atoms with Crippen molar-refractivity contribution in [3.8, 4) is 11.5 Å². The molecular formula is C42H48N6O8. The van der Waals surface area contributed by atoms with Gasteiger partial charge in [-0.15, -0.1) is 0 Å². The smallest absolute Gasteiger partial charge is 0.408 e. The van der Waals surface area contributed by atoms with E-state index in [9.17, 15) is 24.6 Å². The van der Waals surface area contributed by atoms with Gasteiger partial charge in [0, 0.05) is 31.6 Å². The number of aliphatic hydroxyl groups excluding tert-OH is 1. The van der Waals surface area contributed by atoms with Gasteiger partial charge in [0.15, 0.2) is 5.69 Å². The van der Waals surface area contributed by atoms with Gasteiger partial charge in [0.25, 0.3) is 0 Å². The van der Waals surface area contributed by atoms with Gasteiger partial charge >= 0.3 is 12.1 Å². The summed E-state index contributed by atoms with van der Waals surface area (Å²) in [5, 5.41) is 32.0. The molecular weight excluding hydrogens is 716 g/mol. The number of pyridine rings is 1. The number of benzene rings is 3. The minimum Gasteiger partial charge on any atom is -0.506 e. The normalized spacial score (nSPS) is 18.6. The molecule has 1 amide bonds. The molecule has 14 heteroatoms. The second kappa shape index (κ2) is 17.8. The van der Waals surface area contributed by atoms with Crippen LogP contribution in [-0.2, 0) is 23.1 Å². The predicted octanol–water partition coefficient (Wildman–Crippen LogP) is 4.72. The van der Waals surface area contributed by atoms with Crippen LogP contribution in [-0.4, -0.2) is 87.4 Å². The first kappa shape index (κ1) is 38.6. The maximum absolute atomic E-state index is 13.2. The highest BCUT2D eigenvalue weighted by atomic mass is 16.6. The van der Waals surface area contributed by atoms with Gasteiger partial charge in [-0.25, -0.2) is 9.59 Å². The number of phenolic OH excluding ortho intramolecular Hbond substituents is 1. The van der Waals surface area contributed by atoms with Crippen LogP contribution in [0.25, 0.3) is 10.9 Å². The molecule has 14 nitrogen and oxygen atoms in total. The molecule has 56 heavy (non-hydrogen) atoms. The van der Waals surface area contributed by atoms with Crippen molar-refractivity contribution in [2.24, 2.45) is 13.0 Å². The number of alkyl carbamates (subject to hydrolysis) is 1. The summed E-state index contributed by atoms with van der Waals surface area (Å²) >= 11 is 0. The highest BCUT2D eigenvalue weighted by Crippen LogP contribution is 2.31. The van der Waals surface area contributed by atoms with E-state index in [1.165, 1.54) is 12.1 Å². The molecule has 3 saturated heterocycles. The first-order valence-electron chi connectivity index (χ1n) is 19.1. The lowest BCUT2D eigenvalue weighted by molar-refractivity contribution is -0.0336. The van der Waals surface area contributed by atoms with E-state index >= 15 is 0 Å². The van der Waals surface area contributed by atoms with Crippen LogP contribution in [0.2, 0.25) is 0 Å². The third-order valence-electron chi connectivity index (χ3n) is 10.6. The van der Waals surface area contributed by atoms with Gasteiger partial charge < -0.3 is 40.0 Å². The molecule has 0 radical (unpaired) electrons. The standard InChI is InChI=1S/C42H48N6O8/c1-47-30(23-34(46-47)41(52)54-21-6-5-18-43-24-36(50)32-12-14-35(49)40-33(32)13-15-38(51)44-40)26-55-31-11-7-10-29(22-31)39(28-8-3-2-4-9-28)45-42(53)56-37-25-48-19-16-27(37)17-20-48/h2-4,7-15,22-23,27,36-37,39,43,49-50H,5-6,16-21,24-26H2,1H3,(H,44,51)(H,45,53)/t36-,37-,39?/m0/s1. The maximum Gasteiger partial charge on any atom is 0.408 e. The van der Waals surface area contributed by atoms with E-state index in [0.717, 1.165) is 43.6 Å². The zero-order valence-corrected chi connectivity index (χ0v) is 31.4. The van der Waals surface area contributed by atoms with Gasteiger partial charge in [0.2, 0.25) is 5.56 Å². The monoisotopic (exact) mass is 764 g/mol. The van der Waals surface area contributed by atoms with Crippen molar-refractivity contribution in [2.75, 3.05) is 39.3 Å². The summed E-state index contributed by atoms with van der Waals surface area (Å²) in [4.78, 5) is 42.7.